The van der Waals surface area contributed by atoms with Gasteiger partial charge >= 0.3 is 11.9 Å². The number of aromatic carboxylic acids is 1. The van der Waals surface area contributed by atoms with Crippen molar-refractivity contribution in [3.63, 3.8) is 0 Å². The molecule has 4 nitrogen and oxygen atoms in total. The maximum atomic E-state index is 12.8. The number of halogens is 1. The monoisotopic (exact) mass is 542 g/mol. The Labute approximate surface area is 235 Å². The molecule has 0 aliphatic rings. The van der Waals surface area contributed by atoms with Crippen molar-refractivity contribution < 1.29 is 19.4 Å². The second kappa shape index (κ2) is 11.2. The molecule has 39 heavy (non-hydrogen) atoms. The molecule has 0 radical (unpaired) electrons. The number of rotatable bonds is 8. The van der Waals surface area contributed by atoms with Crippen LogP contribution in [0.25, 0.3) is 21.9 Å². The van der Waals surface area contributed by atoms with E-state index in [-0.39, 0.29) is 29.0 Å². The van der Waals surface area contributed by atoms with Gasteiger partial charge in [0.15, 0.2) is 0 Å². The molecule has 0 saturated heterocycles. The van der Waals surface area contributed by atoms with Gasteiger partial charge in [-0.1, -0.05) is 101 Å². The van der Waals surface area contributed by atoms with Gasteiger partial charge in [0.05, 0.1) is 22.8 Å². The van der Waals surface area contributed by atoms with Crippen LogP contribution in [0.15, 0.2) is 78.9 Å². The molecular weight excluding hydrogens is 508 g/mol. The van der Waals surface area contributed by atoms with Gasteiger partial charge in [0.25, 0.3) is 0 Å². The molecule has 0 fully saturated rings. The Morgan fingerprint density at radius 1 is 0.769 bits per heavy atom. The quantitative estimate of drug-likeness (QED) is 0.226. The lowest BCUT2D eigenvalue weighted by atomic mass is 9.85. The zero-order chi connectivity index (χ0) is 28.4. The van der Waals surface area contributed by atoms with Crippen LogP contribution >= 0.6 is 11.6 Å². The van der Waals surface area contributed by atoms with Gasteiger partial charge in [-0.2, -0.15) is 0 Å². The number of benzene rings is 4. The van der Waals surface area contributed by atoms with Gasteiger partial charge in [-0.15, -0.1) is 0 Å². The average molecular weight is 543 g/mol. The number of hydrogen-bond donors (Lipinski definition) is 1. The van der Waals surface area contributed by atoms with Gasteiger partial charge in [0.2, 0.25) is 0 Å². The first-order valence-corrected chi connectivity index (χ1v) is 13.5. The third kappa shape index (κ3) is 7.27. The molecule has 5 heteroatoms. The second-order valence-electron chi connectivity index (χ2n) is 12.2. The summed E-state index contributed by atoms with van der Waals surface area (Å²) in [6.07, 6.45) is 1.67. The first-order chi connectivity index (χ1) is 18.3. The fourth-order valence-electron chi connectivity index (χ4n) is 4.76. The third-order valence-corrected chi connectivity index (χ3v) is 7.13. The molecule has 0 unspecified atom stereocenters. The maximum Gasteiger partial charge on any atom is 0.338 e. The molecule has 202 valence electrons. The predicted octanol–water partition coefficient (Wildman–Crippen LogP) is 8.87. The largest absolute Gasteiger partial charge is 0.478 e. The van der Waals surface area contributed by atoms with E-state index in [1.807, 2.05) is 12.1 Å². The van der Waals surface area contributed by atoms with E-state index in [1.165, 1.54) is 11.1 Å². The average Bonchev–Trinajstić information content (AvgIpc) is 2.88. The minimum Gasteiger partial charge on any atom is -0.478 e. The summed E-state index contributed by atoms with van der Waals surface area (Å²) in [6, 6.07) is 24.4. The molecule has 4 rings (SSSR count). The number of carboxylic acids is 1. The summed E-state index contributed by atoms with van der Waals surface area (Å²) in [6.45, 7) is 11.1. The van der Waals surface area contributed by atoms with E-state index >= 15 is 0 Å². The molecule has 1 N–H and O–H groups in total. The van der Waals surface area contributed by atoms with Gasteiger partial charge in [0, 0.05) is 10.8 Å². The number of carbonyl (C=O) groups is 2. The van der Waals surface area contributed by atoms with E-state index in [0.29, 0.717) is 5.56 Å². The van der Waals surface area contributed by atoms with Gasteiger partial charge in [0.1, 0.15) is 0 Å². The Bertz CT molecular complexity index is 1490. The lowest BCUT2D eigenvalue weighted by Crippen LogP contribution is -2.24. The summed E-state index contributed by atoms with van der Waals surface area (Å²) in [4.78, 5) is 23.8. The van der Waals surface area contributed by atoms with Crippen molar-refractivity contribution in [2.24, 2.45) is 10.8 Å². The number of ether oxygens (including phenoxy) is 1. The molecule has 0 bridgehead atoms. The highest BCUT2D eigenvalue weighted by atomic mass is 35.5. The maximum absolute atomic E-state index is 12.8. The first-order valence-electron chi connectivity index (χ1n) is 13.1. The summed E-state index contributed by atoms with van der Waals surface area (Å²) in [5.74, 6) is -1.33. The normalized spacial score (nSPS) is 11.9. The van der Waals surface area contributed by atoms with E-state index in [2.05, 4.69) is 65.0 Å². The number of carboxylic acid groups (broad SMARTS) is 1. The van der Waals surface area contributed by atoms with E-state index in [1.54, 1.807) is 36.4 Å². The minimum atomic E-state index is -0.960. The van der Waals surface area contributed by atoms with Crippen molar-refractivity contribution in [1.82, 2.24) is 0 Å². The van der Waals surface area contributed by atoms with Crippen molar-refractivity contribution in [3.05, 3.63) is 106 Å². The van der Waals surface area contributed by atoms with Crippen LogP contribution in [0.3, 0.4) is 0 Å². The molecule has 0 saturated carbocycles. The van der Waals surface area contributed by atoms with Crippen LogP contribution in [0.2, 0.25) is 5.02 Å². The Morgan fingerprint density at radius 2 is 1.36 bits per heavy atom. The highest BCUT2D eigenvalue weighted by Crippen LogP contribution is 2.33. The number of fused-ring (bicyclic) bond motifs is 1. The summed E-state index contributed by atoms with van der Waals surface area (Å²) >= 11 is 6.76. The molecule has 0 aliphatic carbocycles. The van der Waals surface area contributed by atoms with Crippen LogP contribution in [0.5, 0.6) is 0 Å². The van der Waals surface area contributed by atoms with Crippen LogP contribution in [-0.4, -0.2) is 23.7 Å². The highest BCUT2D eigenvalue weighted by molar-refractivity contribution is 6.36. The highest BCUT2D eigenvalue weighted by Gasteiger charge is 2.22. The topological polar surface area (TPSA) is 63.6 Å². The summed E-state index contributed by atoms with van der Waals surface area (Å²) in [5, 5.41) is 12.1. The SMILES string of the molecule is CC(C)(C)Cc1ccc2cc(CC(C)(C)COC(=O)c3ccc(-c4ccc(C(=O)O)cc4)cc3)ccc2c1Cl. The molecule has 0 amide bonds. The lowest BCUT2D eigenvalue weighted by molar-refractivity contribution is 0.0341. The fourth-order valence-corrected chi connectivity index (χ4v) is 5.06. The molecule has 4 aromatic carbocycles. The van der Waals surface area contributed by atoms with E-state index in [4.69, 9.17) is 21.4 Å². The van der Waals surface area contributed by atoms with Gasteiger partial charge < -0.3 is 9.84 Å². The zero-order valence-electron chi connectivity index (χ0n) is 23.2. The van der Waals surface area contributed by atoms with E-state index in [9.17, 15) is 9.59 Å². The second-order valence-corrected chi connectivity index (χ2v) is 12.6. The number of hydrogen-bond acceptors (Lipinski definition) is 3. The van der Waals surface area contributed by atoms with Crippen molar-refractivity contribution in [2.75, 3.05) is 6.61 Å². The molecule has 0 aliphatic heterocycles. The molecule has 4 aromatic rings. The van der Waals surface area contributed by atoms with Crippen LogP contribution in [0.1, 0.15) is 66.5 Å². The van der Waals surface area contributed by atoms with E-state index < -0.39 is 5.97 Å². The standard InChI is InChI=1S/C34H35ClO4/c1-33(2,3)20-28-16-15-27-18-22(6-17-29(27)30(28)35)19-34(4,5)21-39-32(38)26-13-9-24(10-14-26)23-7-11-25(12-8-23)31(36)37/h6-18H,19-21H2,1-5H3,(H,36,37). The van der Waals surface area contributed by atoms with Crippen LogP contribution in [0.4, 0.5) is 0 Å². The van der Waals surface area contributed by atoms with Gasteiger partial charge in [-0.05, 0) is 70.2 Å². The van der Waals surface area contributed by atoms with Crippen molar-refractivity contribution in [1.29, 1.82) is 0 Å². The van der Waals surface area contributed by atoms with Crippen molar-refractivity contribution in [3.8, 4) is 11.1 Å². The molecule has 0 heterocycles. The van der Waals surface area contributed by atoms with Crippen molar-refractivity contribution >= 4 is 34.3 Å². The molecule has 0 atom stereocenters. The third-order valence-electron chi connectivity index (χ3n) is 6.68. The van der Waals surface area contributed by atoms with Crippen molar-refractivity contribution in [2.45, 2.75) is 47.5 Å². The molecular formula is C34H35ClO4. The smallest absolute Gasteiger partial charge is 0.338 e. The Hall–Kier alpha value is -3.63. The van der Waals surface area contributed by atoms with Crippen LogP contribution < -0.4 is 0 Å². The number of esters is 1. The summed E-state index contributed by atoms with van der Waals surface area (Å²) in [7, 11) is 0. The Balaban J connectivity index is 1.38. The fraction of sp³-hybridized carbons (Fsp3) is 0.294. The Kier molecular flexibility index (Phi) is 8.17. The molecule has 0 aromatic heterocycles. The van der Waals surface area contributed by atoms with E-state index in [0.717, 1.165) is 39.8 Å². The summed E-state index contributed by atoms with van der Waals surface area (Å²) < 4.78 is 5.70. The van der Waals surface area contributed by atoms with Crippen LogP contribution in [-0.2, 0) is 17.6 Å². The minimum absolute atomic E-state index is 0.163. The van der Waals surface area contributed by atoms with Gasteiger partial charge in [-0.25, -0.2) is 9.59 Å². The van der Waals surface area contributed by atoms with Crippen LogP contribution in [0, 0.1) is 10.8 Å². The van der Waals surface area contributed by atoms with Gasteiger partial charge in [-0.3, -0.25) is 0 Å². The Morgan fingerprint density at radius 3 is 1.92 bits per heavy atom. The predicted molar refractivity (Wildman–Crippen MR) is 159 cm³/mol. The number of carbonyl (C=O) groups excluding carboxylic acids is 1. The zero-order valence-corrected chi connectivity index (χ0v) is 23.9. The lowest BCUT2D eigenvalue weighted by Gasteiger charge is -2.25. The molecule has 0 spiro atoms. The first kappa shape index (κ1) is 28.4. The summed E-state index contributed by atoms with van der Waals surface area (Å²) in [5.41, 5.74) is 4.72.